The van der Waals surface area contributed by atoms with Crippen LogP contribution in [0.3, 0.4) is 0 Å². The predicted molar refractivity (Wildman–Crippen MR) is 62.7 cm³/mol. The Bertz CT molecular complexity index is 444. The summed E-state index contributed by atoms with van der Waals surface area (Å²) >= 11 is 0. The smallest absolute Gasteiger partial charge is 0.354 e. The minimum Gasteiger partial charge on any atom is -0.496 e. The zero-order valence-corrected chi connectivity index (χ0v) is 10.3. The maximum atomic E-state index is 11.2. The van der Waals surface area contributed by atoms with Crippen molar-refractivity contribution in [3.8, 4) is 5.75 Å². The fraction of sp³-hybridized carbons (Fsp3) is 0.417. The van der Waals surface area contributed by atoms with Gasteiger partial charge in [-0.2, -0.15) is 0 Å². The van der Waals surface area contributed by atoms with Gasteiger partial charge in [-0.05, 0) is 13.3 Å². The SMILES string of the molecule is CCOC(=O)CCc1cnc(C(=O)O)cc1OC. The van der Waals surface area contributed by atoms with E-state index in [1.54, 1.807) is 6.92 Å². The van der Waals surface area contributed by atoms with E-state index in [1.807, 2.05) is 0 Å². The highest BCUT2D eigenvalue weighted by atomic mass is 16.5. The van der Waals surface area contributed by atoms with Gasteiger partial charge in [0.25, 0.3) is 0 Å². The van der Waals surface area contributed by atoms with Gasteiger partial charge in [-0.25, -0.2) is 9.78 Å². The number of aromatic nitrogens is 1. The summed E-state index contributed by atoms with van der Waals surface area (Å²) in [6, 6.07) is 1.34. The number of methoxy groups -OCH3 is 1. The second kappa shape index (κ2) is 6.58. The van der Waals surface area contributed by atoms with E-state index >= 15 is 0 Å². The van der Waals surface area contributed by atoms with E-state index in [0.29, 0.717) is 24.3 Å². The molecule has 0 saturated carbocycles. The van der Waals surface area contributed by atoms with E-state index in [1.165, 1.54) is 19.4 Å². The number of ether oxygens (including phenoxy) is 2. The van der Waals surface area contributed by atoms with Crippen molar-refractivity contribution < 1.29 is 24.2 Å². The van der Waals surface area contributed by atoms with Crippen LogP contribution < -0.4 is 4.74 Å². The molecule has 1 aromatic heterocycles. The lowest BCUT2D eigenvalue weighted by Crippen LogP contribution is -2.07. The van der Waals surface area contributed by atoms with Crippen molar-refractivity contribution in [2.45, 2.75) is 19.8 Å². The largest absolute Gasteiger partial charge is 0.496 e. The van der Waals surface area contributed by atoms with Crippen LogP contribution in [-0.2, 0) is 16.0 Å². The van der Waals surface area contributed by atoms with Crippen molar-refractivity contribution in [3.63, 3.8) is 0 Å². The number of carboxylic acid groups (broad SMARTS) is 1. The molecule has 0 aromatic carbocycles. The zero-order chi connectivity index (χ0) is 13.5. The number of hydrogen-bond acceptors (Lipinski definition) is 5. The summed E-state index contributed by atoms with van der Waals surface area (Å²) in [7, 11) is 1.44. The molecule has 98 valence electrons. The highest BCUT2D eigenvalue weighted by Crippen LogP contribution is 2.20. The summed E-state index contributed by atoms with van der Waals surface area (Å²) in [6.07, 6.45) is 2.01. The van der Waals surface area contributed by atoms with Gasteiger partial charge in [-0.1, -0.05) is 0 Å². The Balaban J connectivity index is 2.76. The van der Waals surface area contributed by atoms with Gasteiger partial charge < -0.3 is 14.6 Å². The third-order valence-electron chi connectivity index (χ3n) is 2.29. The normalized spacial score (nSPS) is 9.89. The van der Waals surface area contributed by atoms with Gasteiger partial charge in [0.2, 0.25) is 0 Å². The Morgan fingerprint density at radius 3 is 2.72 bits per heavy atom. The standard InChI is InChI=1S/C12H15NO5/c1-3-18-11(14)5-4-8-7-13-9(12(15)16)6-10(8)17-2/h6-7H,3-5H2,1-2H3,(H,15,16). The molecular weight excluding hydrogens is 238 g/mol. The first-order chi connectivity index (χ1) is 8.58. The van der Waals surface area contributed by atoms with Gasteiger partial charge in [0, 0.05) is 24.2 Å². The van der Waals surface area contributed by atoms with Crippen LogP contribution in [0.1, 0.15) is 29.4 Å². The molecule has 0 bridgehead atoms. The molecule has 0 unspecified atom stereocenters. The van der Waals surface area contributed by atoms with Crippen LogP contribution in [0.25, 0.3) is 0 Å². The fourth-order valence-electron chi connectivity index (χ4n) is 1.43. The first kappa shape index (κ1) is 14.0. The molecule has 0 saturated heterocycles. The second-order valence-corrected chi connectivity index (χ2v) is 3.49. The van der Waals surface area contributed by atoms with E-state index in [9.17, 15) is 9.59 Å². The third kappa shape index (κ3) is 3.73. The molecule has 6 heteroatoms. The Hall–Kier alpha value is -2.11. The lowest BCUT2D eigenvalue weighted by Gasteiger charge is -2.08. The number of nitrogens with zero attached hydrogens (tertiary/aromatic N) is 1. The van der Waals surface area contributed by atoms with Gasteiger partial charge >= 0.3 is 11.9 Å². The Labute approximate surface area is 105 Å². The fourth-order valence-corrected chi connectivity index (χ4v) is 1.43. The Kier molecular flexibility index (Phi) is 5.10. The topological polar surface area (TPSA) is 85.7 Å². The minimum absolute atomic E-state index is 0.0910. The van der Waals surface area contributed by atoms with Crippen LogP contribution in [0.5, 0.6) is 5.75 Å². The number of aryl methyl sites for hydroxylation is 1. The van der Waals surface area contributed by atoms with Crippen LogP contribution in [0, 0.1) is 0 Å². The summed E-state index contributed by atoms with van der Waals surface area (Å²) in [5.74, 6) is -1.01. The van der Waals surface area contributed by atoms with Crippen LogP contribution >= 0.6 is 0 Å². The van der Waals surface area contributed by atoms with Crippen LogP contribution in [0.4, 0.5) is 0 Å². The van der Waals surface area contributed by atoms with E-state index in [2.05, 4.69) is 4.98 Å². The summed E-state index contributed by atoms with van der Waals surface area (Å²) in [4.78, 5) is 25.7. The number of carboxylic acids is 1. The molecule has 0 radical (unpaired) electrons. The highest BCUT2D eigenvalue weighted by molar-refractivity contribution is 5.85. The molecule has 18 heavy (non-hydrogen) atoms. The van der Waals surface area contributed by atoms with E-state index in [4.69, 9.17) is 14.6 Å². The van der Waals surface area contributed by atoms with Crippen LogP contribution in [-0.4, -0.2) is 35.7 Å². The number of carbonyl (C=O) groups excluding carboxylic acids is 1. The first-order valence-electron chi connectivity index (χ1n) is 5.50. The highest BCUT2D eigenvalue weighted by Gasteiger charge is 2.12. The average molecular weight is 253 g/mol. The number of carbonyl (C=O) groups is 2. The predicted octanol–water partition coefficient (Wildman–Crippen LogP) is 1.28. The van der Waals surface area contributed by atoms with Crippen molar-refractivity contribution in [1.82, 2.24) is 4.98 Å². The molecule has 0 aliphatic heterocycles. The molecule has 0 amide bonds. The van der Waals surface area contributed by atoms with Gasteiger partial charge in [-0.15, -0.1) is 0 Å². The summed E-state index contributed by atoms with van der Waals surface area (Å²) in [6.45, 7) is 2.08. The average Bonchev–Trinajstić information content (AvgIpc) is 2.36. The van der Waals surface area contributed by atoms with Gasteiger partial charge in [0.05, 0.1) is 13.7 Å². The Morgan fingerprint density at radius 1 is 1.44 bits per heavy atom. The molecule has 1 N–H and O–H groups in total. The lowest BCUT2D eigenvalue weighted by molar-refractivity contribution is -0.143. The van der Waals surface area contributed by atoms with Crippen molar-refractivity contribution in [1.29, 1.82) is 0 Å². The number of esters is 1. The molecule has 1 rings (SSSR count). The zero-order valence-electron chi connectivity index (χ0n) is 10.3. The Morgan fingerprint density at radius 2 is 2.17 bits per heavy atom. The van der Waals surface area contributed by atoms with Crippen molar-refractivity contribution in [2.75, 3.05) is 13.7 Å². The maximum Gasteiger partial charge on any atom is 0.354 e. The minimum atomic E-state index is -1.12. The van der Waals surface area contributed by atoms with E-state index < -0.39 is 5.97 Å². The molecule has 1 heterocycles. The number of rotatable bonds is 6. The third-order valence-corrected chi connectivity index (χ3v) is 2.29. The maximum absolute atomic E-state index is 11.2. The number of hydrogen-bond donors (Lipinski definition) is 1. The monoisotopic (exact) mass is 253 g/mol. The number of aromatic carboxylic acids is 1. The van der Waals surface area contributed by atoms with E-state index in [-0.39, 0.29) is 18.1 Å². The summed E-state index contributed by atoms with van der Waals surface area (Å²) < 4.78 is 9.88. The van der Waals surface area contributed by atoms with Crippen molar-refractivity contribution in [3.05, 3.63) is 23.5 Å². The molecule has 6 nitrogen and oxygen atoms in total. The van der Waals surface area contributed by atoms with Crippen molar-refractivity contribution in [2.24, 2.45) is 0 Å². The van der Waals surface area contributed by atoms with Crippen LogP contribution in [0.15, 0.2) is 12.3 Å². The molecule has 0 atom stereocenters. The first-order valence-corrected chi connectivity index (χ1v) is 5.50. The van der Waals surface area contributed by atoms with Gasteiger partial charge in [0.15, 0.2) is 5.69 Å². The molecule has 0 fully saturated rings. The molecule has 1 aromatic rings. The second-order valence-electron chi connectivity index (χ2n) is 3.49. The van der Waals surface area contributed by atoms with Gasteiger partial charge in [0.1, 0.15) is 5.75 Å². The van der Waals surface area contributed by atoms with Gasteiger partial charge in [-0.3, -0.25) is 4.79 Å². The summed E-state index contributed by atoms with van der Waals surface area (Å²) in [5, 5.41) is 8.79. The van der Waals surface area contributed by atoms with Crippen molar-refractivity contribution >= 4 is 11.9 Å². The number of pyridine rings is 1. The summed E-state index contributed by atoms with van der Waals surface area (Å²) in [5.41, 5.74) is 0.585. The van der Waals surface area contributed by atoms with E-state index in [0.717, 1.165) is 0 Å². The lowest BCUT2D eigenvalue weighted by atomic mass is 10.1. The molecular formula is C12H15NO5. The molecule has 0 aliphatic rings. The quantitative estimate of drug-likeness (QED) is 0.769. The molecule has 0 aliphatic carbocycles. The van der Waals surface area contributed by atoms with Crippen LogP contribution in [0.2, 0.25) is 0 Å². The molecule has 0 spiro atoms.